The third-order valence-electron chi connectivity index (χ3n) is 3.83. The Hall–Kier alpha value is -1.40. The normalized spacial score (nSPS) is 11.8. The van der Waals surface area contributed by atoms with E-state index in [1.807, 2.05) is 6.07 Å². The Morgan fingerprint density at radius 3 is 2.71 bits per heavy atom. The molecule has 2 aromatic rings. The zero-order chi connectivity index (χ0) is 15.3. The van der Waals surface area contributed by atoms with Crippen LogP contribution in [0.3, 0.4) is 0 Å². The van der Waals surface area contributed by atoms with E-state index in [4.69, 9.17) is 10.3 Å². The number of thioether (sulfide) groups is 1. The first-order valence-electron chi connectivity index (χ1n) is 7.05. The third kappa shape index (κ3) is 3.63. The van der Waals surface area contributed by atoms with Crippen molar-refractivity contribution in [2.45, 2.75) is 42.8 Å². The van der Waals surface area contributed by atoms with Crippen LogP contribution >= 0.6 is 11.8 Å². The van der Waals surface area contributed by atoms with Gasteiger partial charge in [-0.1, -0.05) is 25.1 Å². The molecule has 1 heterocycles. The van der Waals surface area contributed by atoms with Gasteiger partial charge in [-0.15, -0.1) is 11.8 Å². The number of benzene rings is 1. The van der Waals surface area contributed by atoms with E-state index in [-0.39, 0.29) is 11.2 Å². The van der Waals surface area contributed by atoms with Crippen LogP contribution in [0.4, 0.5) is 4.39 Å². The van der Waals surface area contributed by atoms with Crippen LogP contribution in [-0.4, -0.2) is 16.7 Å². The Morgan fingerprint density at radius 1 is 1.33 bits per heavy atom. The van der Waals surface area contributed by atoms with Crippen molar-refractivity contribution in [3.05, 3.63) is 41.8 Å². The Kier molecular flexibility index (Phi) is 5.36. The van der Waals surface area contributed by atoms with Gasteiger partial charge >= 0.3 is 0 Å². The van der Waals surface area contributed by atoms with Crippen LogP contribution in [0.5, 0.6) is 0 Å². The molecule has 0 fully saturated rings. The Morgan fingerprint density at radius 2 is 2.10 bits per heavy atom. The minimum absolute atomic E-state index is 0.241. The van der Waals surface area contributed by atoms with Gasteiger partial charge in [-0.05, 0) is 31.0 Å². The maximum atomic E-state index is 13.1. The van der Waals surface area contributed by atoms with Crippen molar-refractivity contribution in [2.24, 2.45) is 5.73 Å². The van der Waals surface area contributed by atoms with Gasteiger partial charge in [0.05, 0.1) is 11.2 Å². The van der Waals surface area contributed by atoms with E-state index in [9.17, 15) is 4.39 Å². The van der Waals surface area contributed by atoms with Crippen molar-refractivity contribution in [3.8, 4) is 0 Å². The van der Waals surface area contributed by atoms with Gasteiger partial charge in [-0.25, -0.2) is 4.39 Å². The second-order valence-electron chi connectivity index (χ2n) is 4.95. The lowest BCUT2D eigenvalue weighted by Gasteiger charge is -2.24. The maximum Gasteiger partial charge on any atom is 0.234 e. The summed E-state index contributed by atoms with van der Waals surface area (Å²) in [7, 11) is 0. The third-order valence-corrected chi connectivity index (χ3v) is 4.82. The summed E-state index contributed by atoms with van der Waals surface area (Å²) in [5.41, 5.74) is 5.64. The highest BCUT2D eigenvalue weighted by Crippen LogP contribution is 2.30. The van der Waals surface area contributed by atoms with Crippen LogP contribution in [0, 0.1) is 5.82 Å². The van der Waals surface area contributed by atoms with E-state index in [0.717, 1.165) is 17.7 Å². The first-order chi connectivity index (χ1) is 10.1. The Labute approximate surface area is 128 Å². The molecule has 1 aromatic carbocycles. The summed E-state index contributed by atoms with van der Waals surface area (Å²) < 4.78 is 18.5. The van der Waals surface area contributed by atoms with Gasteiger partial charge in [-0.3, -0.25) is 0 Å². The molecule has 6 heteroatoms. The topological polar surface area (TPSA) is 64.9 Å². The molecule has 0 spiro atoms. The zero-order valence-corrected chi connectivity index (χ0v) is 13.1. The van der Waals surface area contributed by atoms with Gasteiger partial charge in [0, 0.05) is 11.4 Å². The summed E-state index contributed by atoms with van der Waals surface area (Å²) in [6.45, 7) is 4.63. The number of hydrogen-bond acceptors (Lipinski definition) is 5. The van der Waals surface area contributed by atoms with Crippen molar-refractivity contribution in [2.75, 3.05) is 6.54 Å². The van der Waals surface area contributed by atoms with Crippen molar-refractivity contribution in [1.29, 1.82) is 0 Å². The van der Waals surface area contributed by atoms with E-state index in [1.54, 1.807) is 6.07 Å². The SMILES string of the molecule is CCC(CC)(CN)c1nc(CSc2cccc(F)c2)no1. The molecule has 0 unspecified atom stereocenters. The smallest absolute Gasteiger partial charge is 0.234 e. The summed E-state index contributed by atoms with van der Waals surface area (Å²) in [5.74, 6) is 1.51. The fourth-order valence-electron chi connectivity index (χ4n) is 2.16. The average molecular weight is 309 g/mol. The van der Waals surface area contributed by atoms with Crippen LogP contribution in [0.2, 0.25) is 0 Å². The molecule has 0 radical (unpaired) electrons. The van der Waals surface area contributed by atoms with Crippen LogP contribution < -0.4 is 5.73 Å². The molecule has 21 heavy (non-hydrogen) atoms. The molecule has 0 atom stereocenters. The summed E-state index contributed by atoms with van der Waals surface area (Å²) in [6.07, 6.45) is 1.72. The Bertz CT molecular complexity index is 576. The largest absolute Gasteiger partial charge is 0.339 e. The predicted molar refractivity (Wildman–Crippen MR) is 81.6 cm³/mol. The second kappa shape index (κ2) is 7.04. The van der Waals surface area contributed by atoms with Gasteiger partial charge in [0.15, 0.2) is 5.82 Å². The average Bonchev–Trinajstić information content (AvgIpc) is 2.97. The van der Waals surface area contributed by atoms with E-state index in [1.165, 1.54) is 23.9 Å². The molecule has 114 valence electrons. The van der Waals surface area contributed by atoms with E-state index in [2.05, 4.69) is 24.0 Å². The van der Waals surface area contributed by atoms with Crippen LogP contribution in [0.1, 0.15) is 38.4 Å². The van der Waals surface area contributed by atoms with Crippen molar-refractivity contribution >= 4 is 11.8 Å². The predicted octanol–water partition coefficient (Wildman–Crippen LogP) is 3.52. The van der Waals surface area contributed by atoms with Gasteiger partial charge < -0.3 is 10.3 Å². The molecule has 0 aliphatic heterocycles. The van der Waals surface area contributed by atoms with Crippen LogP contribution in [0.15, 0.2) is 33.7 Å². The lowest BCUT2D eigenvalue weighted by molar-refractivity contribution is 0.266. The number of aromatic nitrogens is 2. The minimum Gasteiger partial charge on any atom is -0.339 e. The molecule has 0 aliphatic rings. The summed E-state index contributed by atoms with van der Waals surface area (Å²) >= 11 is 1.48. The standard InChI is InChI=1S/C15H20FN3OS/c1-3-15(4-2,10-17)14-18-13(19-20-14)9-21-12-7-5-6-11(16)8-12/h5-8H,3-4,9-10,17H2,1-2H3. The molecule has 2 N–H and O–H groups in total. The quantitative estimate of drug-likeness (QED) is 0.793. The first-order valence-corrected chi connectivity index (χ1v) is 8.03. The monoisotopic (exact) mass is 309 g/mol. The molecular weight excluding hydrogens is 289 g/mol. The second-order valence-corrected chi connectivity index (χ2v) is 6.00. The lowest BCUT2D eigenvalue weighted by Crippen LogP contribution is -2.34. The van der Waals surface area contributed by atoms with Crippen molar-refractivity contribution in [3.63, 3.8) is 0 Å². The van der Waals surface area contributed by atoms with Crippen LogP contribution in [0.25, 0.3) is 0 Å². The van der Waals surface area contributed by atoms with E-state index < -0.39 is 0 Å². The fraction of sp³-hybridized carbons (Fsp3) is 0.467. The summed E-state index contributed by atoms with van der Waals surface area (Å²) in [5, 5.41) is 4.01. The first kappa shape index (κ1) is 16.0. The van der Waals surface area contributed by atoms with Gasteiger partial charge in [0.25, 0.3) is 0 Å². The molecule has 0 saturated heterocycles. The van der Waals surface area contributed by atoms with Crippen molar-refractivity contribution < 1.29 is 8.91 Å². The molecule has 4 nitrogen and oxygen atoms in total. The lowest BCUT2D eigenvalue weighted by atomic mass is 9.82. The zero-order valence-electron chi connectivity index (χ0n) is 12.3. The molecule has 2 rings (SSSR count). The maximum absolute atomic E-state index is 13.1. The summed E-state index contributed by atoms with van der Waals surface area (Å²) in [6, 6.07) is 6.46. The molecule has 0 aliphatic carbocycles. The number of halogens is 1. The molecular formula is C15H20FN3OS. The molecule has 0 bridgehead atoms. The highest BCUT2D eigenvalue weighted by molar-refractivity contribution is 7.98. The molecule has 1 aromatic heterocycles. The number of nitrogens with zero attached hydrogens (tertiary/aromatic N) is 2. The number of hydrogen-bond donors (Lipinski definition) is 1. The summed E-state index contributed by atoms with van der Waals surface area (Å²) in [4.78, 5) is 5.31. The fourth-order valence-corrected chi connectivity index (χ4v) is 2.94. The minimum atomic E-state index is -0.243. The molecule has 0 amide bonds. The van der Waals surface area contributed by atoms with E-state index >= 15 is 0 Å². The highest BCUT2D eigenvalue weighted by atomic mass is 32.2. The number of rotatable bonds is 7. The van der Waals surface area contributed by atoms with Crippen molar-refractivity contribution in [1.82, 2.24) is 10.1 Å². The number of nitrogens with two attached hydrogens (primary N) is 1. The van der Waals surface area contributed by atoms with Gasteiger partial charge in [0.2, 0.25) is 5.89 Å². The van der Waals surface area contributed by atoms with E-state index in [0.29, 0.717) is 24.0 Å². The molecule has 0 saturated carbocycles. The van der Waals surface area contributed by atoms with Gasteiger partial charge in [0.1, 0.15) is 5.82 Å². The Balaban J connectivity index is 2.06. The van der Waals surface area contributed by atoms with Crippen LogP contribution in [-0.2, 0) is 11.2 Å². The highest BCUT2D eigenvalue weighted by Gasteiger charge is 2.33. The van der Waals surface area contributed by atoms with Gasteiger partial charge in [-0.2, -0.15) is 4.98 Å².